The van der Waals surface area contributed by atoms with Crippen LogP contribution in [-0.2, 0) is 13.1 Å². The number of hydrogen-bond acceptors (Lipinski definition) is 6. The number of rotatable bonds is 8. The Morgan fingerprint density at radius 2 is 2.00 bits per heavy atom. The molecule has 0 amide bonds. The SMILES string of the molecule is COc1cc(Cl)cc(CN2CCN(Cc3ccc(C)o3)[C@H](CCO)C2)c1OC. The number of nitrogens with zero attached hydrogens (tertiary/aromatic N) is 2. The molecule has 1 aliphatic rings. The molecular weight excluding hydrogens is 380 g/mol. The van der Waals surface area contributed by atoms with E-state index >= 15 is 0 Å². The van der Waals surface area contributed by atoms with Crippen LogP contribution in [0.25, 0.3) is 0 Å². The molecule has 154 valence electrons. The predicted molar refractivity (Wildman–Crippen MR) is 109 cm³/mol. The predicted octanol–water partition coefficient (Wildman–Crippen LogP) is 3.33. The van der Waals surface area contributed by atoms with Crippen LogP contribution in [0.5, 0.6) is 11.5 Å². The molecule has 0 unspecified atom stereocenters. The van der Waals surface area contributed by atoms with Crippen LogP contribution in [0.3, 0.4) is 0 Å². The van der Waals surface area contributed by atoms with Gasteiger partial charge < -0.3 is 19.0 Å². The first kappa shape index (κ1) is 21.0. The van der Waals surface area contributed by atoms with E-state index in [0.29, 0.717) is 10.8 Å². The average Bonchev–Trinajstić information content (AvgIpc) is 3.08. The van der Waals surface area contributed by atoms with Crippen LogP contribution in [0.1, 0.15) is 23.5 Å². The zero-order chi connectivity index (χ0) is 20.1. The Morgan fingerprint density at radius 3 is 2.64 bits per heavy atom. The summed E-state index contributed by atoms with van der Waals surface area (Å²) in [6.45, 7) is 6.29. The summed E-state index contributed by atoms with van der Waals surface area (Å²) >= 11 is 6.26. The van der Waals surface area contributed by atoms with Gasteiger partial charge in [0.15, 0.2) is 11.5 Å². The molecular formula is C21H29ClN2O4. The summed E-state index contributed by atoms with van der Waals surface area (Å²) in [5.41, 5.74) is 1.00. The summed E-state index contributed by atoms with van der Waals surface area (Å²) in [6.07, 6.45) is 0.728. The summed E-state index contributed by atoms with van der Waals surface area (Å²) in [5, 5.41) is 10.2. The zero-order valence-electron chi connectivity index (χ0n) is 16.8. The molecule has 1 aliphatic heterocycles. The largest absolute Gasteiger partial charge is 0.493 e. The topological polar surface area (TPSA) is 58.3 Å². The van der Waals surface area contributed by atoms with Crippen molar-refractivity contribution in [3.05, 3.63) is 46.4 Å². The highest BCUT2D eigenvalue weighted by Crippen LogP contribution is 2.35. The van der Waals surface area contributed by atoms with Crippen LogP contribution < -0.4 is 9.47 Å². The molecule has 3 rings (SSSR count). The molecule has 28 heavy (non-hydrogen) atoms. The third-order valence-corrected chi connectivity index (χ3v) is 5.44. The van der Waals surface area contributed by atoms with Gasteiger partial charge in [-0.3, -0.25) is 9.80 Å². The number of halogens is 1. The van der Waals surface area contributed by atoms with Crippen LogP contribution in [0.4, 0.5) is 0 Å². The van der Waals surface area contributed by atoms with Crippen molar-refractivity contribution in [2.24, 2.45) is 0 Å². The highest BCUT2D eigenvalue weighted by molar-refractivity contribution is 6.30. The van der Waals surface area contributed by atoms with Gasteiger partial charge in [-0.2, -0.15) is 0 Å². The van der Waals surface area contributed by atoms with Gasteiger partial charge in [0.25, 0.3) is 0 Å². The number of aryl methyl sites for hydroxylation is 1. The third-order valence-electron chi connectivity index (χ3n) is 5.22. The molecule has 1 fully saturated rings. The van der Waals surface area contributed by atoms with E-state index in [0.717, 1.165) is 62.0 Å². The zero-order valence-corrected chi connectivity index (χ0v) is 17.5. The van der Waals surface area contributed by atoms with Crippen LogP contribution in [0.15, 0.2) is 28.7 Å². The van der Waals surface area contributed by atoms with E-state index in [4.69, 9.17) is 25.5 Å². The fourth-order valence-electron chi connectivity index (χ4n) is 3.87. The lowest BCUT2D eigenvalue weighted by Gasteiger charge is -2.41. The molecule has 0 saturated carbocycles. The van der Waals surface area contributed by atoms with Gasteiger partial charge in [-0.1, -0.05) is 11.6 Å². The summed E-state index contributed by atoms with van der Waals surface area (Å²) in [5.74, 6) is 3.26. The summed E-state index contributed by atoms with van der Waals surface area (Å²) in [7, 11) is 3.26. The summed E-state index contributed by atoms with van der Waals surface area (Å²) in [6, 6.07) is 7.98. The smallest absolute Gasteiger partial charge is 0.165 e. The van der Waals surface area contributed by atoms with Gasteiger partial charge in [0, 0.05) is 55.5 Å². The fraction of sp³-hybridized carbons (Fsp3) is 0.524. The highest BCUT2D eigenvalue weighted by atomic mass is 35.5. The first-order valence-corrected chi connectivity index (χ1v) is 9.94. The Labute approximate surface area is 171 Å². The first-order valence-electron chi connectivity index (χ1n) is 9.57. The van der Waals surface area contributed by atoms with Gasteiger partial charge in [0.05, 0.1) is 20.8 Å². The first-order chi connectivity index (χ1) is 13.5. The lowest BCUT2D eigenvalue weighted by molar-refractivity contribution is 0.0450. The van der Waals surface area contributed by atoms with E-state index < -0.39 is 0 Å². The van der Waals surface area contributed by atoms with Crippen molar-refractivity contribution in [1.82, 2.24) is 9.80 Å². The number of methoxy groups -OCH3 is 2. The summed E-state index contributed by atoms with van der Waals surface area (Å²) in [4.78, 5) is 4.76. The van der Waals surface area contributed by atoms with Crippen molar-refractivity contribution in [2.75, 3.05) is 40.5 Å². The van der Waals surface area contributed by atoms with Crippen molar-refractivity contribution in [3.8, 4) is 11.5 Å². The van der Waals surface area contributed by atoms with Gasteiger partial charge in [0.2, 0.25) is 0 Å². The highest BCUT2D eigenvalue weighted by Gasteiger charge is 2.28. The third kappa shape index (κ3) is 5.00. The average molecular weight is 409 g/mol. The van der Waals surface area contributed by atoms with Gasteiger partial charge in [-0.25, -0.2) is 0 Å². The second kappa shape index (κ2) is 9.65. The van der Waals surface area contributed by atoms with Crippen LogP contribution in [0.2, 0.25) is 5.02 Å². The molecule has 0 radical (unpaired) electrons. The van der Waals surface area contributed by atoms with E-state index in [1.807, 2.05) is 25.1 Å². The van der Waals surface area contributed by atoms with Gasteiger partial charge in [-0.05, 0) is 31.5 Å². The maximum Gasteiger partial charge on any atom is 0.165 e. The minimum Gasteiger partial charge on any atom is -0.493 e. The number of ether oxygens (including phenoxy) is 2. The van der Waals surface area contributed by atoms with Crippen molar-refractivity contribution >= 4 is 11.6 Å². The summed E-state index contributed by atoms with van der Waals surface area (Å²) < 4.78 is 16.7. The number of piperazine rings is 1. The van der Waals surface area contributed by atoms with E-state index in [-0.39, 0.29) is 12.6 Å². The van der Waals surface area contributed by atoms with Crippen molar-refractivity contribution in [3.63, 3.8) is 0 Å². The second-order valence-corrected chi connectivity index (χ2v) is 7.62. The minimum atomic E-state index is 0.167. The van der Waals surface area contributed by atoms with E-state index in [1.54, 1.807) is 20.3 Å². The normalized spacial score (nSPS) is 18.4. The molecule has 0 bridgehead atoms. The van der Waals surface area contributed by atoms with Crippen LogP contribution in [-0.4, -0.2) is 61.4 Å². The Hall–Kier alpha value is -1.73. The van der Waals surface area contributed by atoms with Crippen molar-refractivity contribution < 1.29 is 19.0 Å². The maximum atomic E-state index is 9.55. The van der Waals surface area contributed by atoms with Gasteiger partial charge in [0.1, 0.15) is 11.5 Å². The van der Waals surface area contributed by atoms with E-state index in [1.165, 1.54) is 0 Å². The van der Waals surface area contributed by atoms with Gasteiger partial charge >= 0.3 is 0 Å². The quantitative estimate of drug-likeness (QED) is 0.723. The van der Waals surface area contributed by atoms with Crippen molar-refractivity contribution in [1.29, 1.82) is 0 Å². The molecule has 2 heterocycles. The monoisotopic (exact) mass is 408 g/mol. The molecule has 0 aliphatic carbocycles. The molecule has 6 nitrogen and oxygen atoms in total. The molecule has 0 spiro atoms. The number of aliphatic hydroxyl groups is 1. The van der Waals surface area contributed by atoms with E-state index in [2.05, 4.69) is 9.80 Å². The van der Waals surface area contributed by atoms with Crippen molar-refractivity contribution in [2.45, 2.75) is 32.5 Å². The Morgan fingerprint density at radius 1 is 1.18 bits per heavy atom. The number of benzene rings is 1. The Balaban J connectivity index is 1.71. The molecule has 1 aromatic carbocycles. The number of furan rings is 1. The minimum absolute atomic E-state index is 0.167. The molecule has 2 aromatic rings. The maximum absolute atomic E-state index is 9.55. The van der Waals surface area contributed by atoms with Gasteiger partial charge in [-0.15, -0.1) is 0 Å². The van der Waals surface area contributed by atoms with E-state index in [9.17, 15) is 5.11 Å². The Kier molecular flexibility index (Phi) is 7.24. The standard InChI is InChI=1S/C21H29ClN2O4/c1-15-4-5-19(28-15)14-24-8-7-23(13-18(24)6-9-25)12-16-10-17(22)11-20(26-2)21(16)27-3/h4-5,10-11,18,25H,6-9,12-14H2,1-3H3/t18-/m1/s1. The molecule has 1 aromatic heterocycles. The lowest BCUT2D eigenvalue weighted by atomic mass is 10.1. The van der Waals surface area contributed by atoms with Crippen LogP contribution >= 0.6 is 11.6 Å². The fourth-order valence-corrected chi connectivity index (χ4v) is 4.10. The molecule has 1 atom stereocenters. The number of hydrogen-bond donors (Lipinski definition) is 1. The van der Waals surface area contributed by atoms with Crippen LogP contribution in [0, 0.1) is 6.92 Å². The Bertz CT molecular complexity index is 780. The second-order valence-electron chi connectivity index (χ2n) is 7.18. The molecule has 1 N–H and O–H groups in total. The lowest BCUT2D eigenvalue weighted by Crippen LogP contribution is -2.52. The molecule has 7 heteroatoms. The number of aliphatic hydroxyl groups excluding tert-OH is 1. The molecule has 1 saturated heterocycles.